The van der Waals surface area contributed by atoms with Gasteiger partial charge in [-0.05, 0) is 48.5 Å². The Labute approximate surface area is 197 Å². The van der Waals surface area contributed by atoms with Crippen LogP contribution in [-0.4, -0.2) is 74.3 Å². The highest BCUT2D eigenvalue weighted by atomic mass is 19.1. The lowest BCUT2D eigenvalue weighted by atomic mass is 10.0. The maximum atomic E-state index is 13.6. The number of hydrogen-bond acceptors (Lipinski definition) is 7. The molecule has 1 aromatic heterocycles. The number of fused-ring (bicyclic) bond motifs is 1. The van der Waals surface area contributed by atoms with E-state index in [2.05, 4.69) is 20.4 Å². The molecule has 0 aliphatic carbocycles. The number of hydrogen-bond donors (Lipinski definition) is 0. The van der Waals surface area contributed by atoms with Crippen molar-refractivity contribution >= 4 is 5.91 Å². The van der Waals surface area contributed by atoms with Crippen molar-refractivity contribution in [1.82, 2.24) is 30.0 Å². The third-order valence-corrected chi connectivity index (χ3v) is 6.08. The zero-order valence-electron chi connectivity index (χ0n) is 19.3. The van der Waals surface area contributed by atoms with Crippen molar-refractivity contribution in [2.24, 2.45) is 0 Å². The fourth-order valence-corrected chi connectivity index (χ4v) is 4.40. The molecule has 0 spiro atoms. The van der Waals surface area contributed by atoms with Crippen molar-refractivity contribution in [2.75, 3.05) is 32.8 Å². The van der Waals surface area contributed by atoms with Gasteiger partial charge in [-0.15, -0.1) is 5.10 Å². The van der Waals surface area contributed by atoms with Gasteiger partial charge in [0.25, 0.3) is 5.91 Å². The molecule has 10 heteroatoms. The van der Waals surface area contributed by atoms with Gasteiger partial charge in [-0.2, -0.15) is 4.68 Å². The van der Waals surface area contributed by atoms with Crippen molar-refractivity contribution in [3.8, 4) is 17.2 Å². The molecule has 0 bridgehead atoms. The molecule has 34 heavy (non-hydrogen) atoms. The molecule has 178 valence electrons. The Morgan fingerprint density at radius 3 is 2.74 bits per heavy atom. The quantitative estimate of drug-likeness (QED) is 0.551. The number of para-hydroxylation sites is 1. The molecule has 0 N–H and O–H groups in total. The standard InChI is InChI=1S/C24H27FN6O3/c1-24(2)14-17-5-3-8-20(23(17)34-24)33-16-22(32)30-11-9-29(10-12-30)15-21-26-27-28-31(21)19-7-4-6-18(25)13-19/h3-8,13H,9-12,14-16H2,1-2H3. The summed E-state index contributed by atoms with van der Waals surface area (Å²) in [6.45, 7) is 7.08. The Bertz CT molecular complexity index is 1190. The number of ether oxygens (including phenoxy) is 2. The summed E-state index contributed by atoms with van der Waals surface area (Å²) in [5.41, 5.74) is 1.41. The summed E-state index contributed by atoms with van der Waals surface area (Å²) in [6, 6.07) is 12.0. The minimum atomic E-state index is -0.343. The van der Waals surface area contributed by atoms with Crippen LogP contribution in [0.5, 0.6) is 11.5 Å². The minimum Gasteiger partial charge on any atom is -0.483 e. The first-order valence-electron chi connectivity index (χ1n) is 11.3. The van der Waals surface area contributed by atoms with E-state index in [9.17, 15) is 9.18 Å². The van der Waals surface area contributed by atoms with Gasteiger partial charge in [-0.25, -0.2) is 4.39 Å². The first kappa shape index (κ1) is 22.3. The molecule has 3 aromatic rings. The molecule has 5 rings (SSSR count). The van der Waals surface area contributed by atoms with Gasteiger partial charge in [0.1, 0.15) is 11.4 Å². The monoisotopic (exact) mass is 466 g/mol. The van der Waals surface area contributed by atoms with Crippen LogP contribution in [0.2, 0.25) is 0 Å². The lowest BCUT2D eigenvalue weighted by molar-refractivity contribution is -0.135. The number of amides is 1. The van der Waals surface area contributed by atoms with Crippen LogP contribution in [0.25, 0.3) is 5.69 Å². The van der Waals surface area contributed by atoms with Gasteiger partial charge in [0.15, 0.2) is 23.9 Å². The Morgan fingerprint density at radius 2 is 1.94 bits per heavy atom. The maximum Gasteiger partial charge on any atom is 0.260 e. The summed E-state index contributed by atoms with van der Waals surface area (Å²) in [4.78, 5) is 16.7. The maximum absolute atomic E-state index is 13.6. The highest BCUT2D eigenvalue weighted by Gasteiger charge is 2.32. The first-order chi connectivity index (χ1) is 16.4. The van der Waals surface area contributed by atoms with E-state index in [4.69, 9.17) is 9.47 Å². The topological polar surface area (TPSA) is 85.6 Å². The molecule has 2 aromatic carbocycles. The van der Waals surface area contributed by atoms with Crippen molar-refractivity contribution < 1.29 is 18.7 Å². The van der Waals surface area contributed by atoms with Crippen molar-refractivity contribution in [3.63, 3.8) is 0 Å². The number of carbonyl (C=O) groups excluding carboxylic acids is 1. The molecule has 2 aliphatic heterocycles. The van der Waals surface area contributed by atoms with Crippen LogP contribution in [0.1, 0.15) is 25.2 Å². The van der Waals surface area contributed by atoms with E-state index in [0.29, 0.717) is 50.0 Å². The third kappa shape index (κ3) is 4.72. The molecule has 1 saturated heterocycles. The average molecular weight is 467 g/mol. The van der Waals surface area contributed by atoms with Crippen LogP contribution in [0, 0.1) is 5.82 Å². The summed E-state index contributed by atoms with van der Waals surface area (Å²) >= 11 is 0. The van der Waals surface area contributed by atoms with Crippen molar-refractivity contribution in [2.45, 2.75) is 32.4 Å². The lowest BCUT2D eigenvalue weighted by Crippen LogP contribution is -2.49. The fourth-order valence-electron chi connectivity index (χ4n) is 4.40. The lowest BCUT2D eigenvalue weighted by Gasteiger charge is -2.34. The Balaban J connectivity index is 1.14. The second-order valence-corrected chi connectivity index (χ2v) is 9.22. The fraction of sp³-hybridized carbons (Fsp3) is 0.417. The number of piperazine rings is 1. The molecule has 1 amide bonds. The van der Waals surface area contributed by atoms with Gasteiger partial charge in [-0.3, -0.25) is 9.69 Å². The molecule has 0 radical (unpaired) electrons. The zero-order chi connectivity index (χ0) is 23.7. The van der Waals surface area contributed by atoms with E-state index in [1.165, 1.54) is 16.8 Å². The highest BCUT2D eigenvalue weighted by molar-refractivity contribution is 5.78. The molecule has 0 saturated carbocycles. The van der Waals surface area contributed by atoms with Gasteiger partial charge in [0, 0.05) is 38.2 Å². The normalized spacial score (nSPS) is 17.3. The highest BCUT2D eigenvalue weighted by Crippen LogP contribution is 2.41. The number of tetrazole rings is 1. The van der Waals surface area contributed by atoms with E-state index < -0.39 is 0 Å². The summed E-state index contributed by atoms with van der Waals surface area (Å²) in [5, 5.41) is 11.8. The van der Waals surface area contributed by atoms with Gasteiger partial charge in [-0.1, -0.05) is 18.2 Å². The second-order valence-electron chi connectivity index (χ2n) is 9.22. The Kier molecular flexibility index (Phi) is 5.91. The van der Waals surface area contributed by atoms with E-state index in [0.717, 1.165) is 17.7 Å². The summed E-state index contributed by atoms with van der Waals surface area (Å²) in [6.07, 6.45) is 0.817. The zero-order valence-corrected chi connectivity index (χ0v) is 19.3. The third-order valence-electron chi connectivity index (χ3n) is 6.08. The van der Waals surface area contributed by atoms with Crippen LogP contribution in [0.4, 0.5) is 4.39 Å². The summed E-state index contributed by atoms with van der Waals surface area (Å²) in [7, 11) is 0. The van der Waals surface area contributed by atoms with E-state index in [1.807, 2.05) is 32.0 Å². The van der Waals surface area contributed by atoms with Crippen LogP contribution in [0.15, 0.2) is 42.5 Å². The Morgan fingerprint density at radius 1 is 1.15 bits per heavy atom. The molecular formula is C24H27FN6O3. The number of benzene rings is 2. The van der Waals surface area contributed by atoms with Crippen LogP contribution in [0.3, 0.4) is 0 Å². The summed E-state index contributed by atoms with van der Waals surface area (Å²) in [5.74, 6) is 1.57. The SMILES string of the molecule is CC1(C)Cc2cccc(OCC(=O)N3CCN(Cc4nnnn4-c4cccc(F)c4)CC3)c2O1. The summed E-state index contributed by atoms with van der Waals surface area (Å²) < 4.78 is 27.0. The second kappa shape index (κ2) is 9.02. The van der Waals surface area contributed by atoms with Crippen LogP contribution >= 0.6 is 0 Å². The molecule has 3 heterocycles. The van der Waals surface area contributed by atoms with E-state index in [1.54, 1.807) is 17.0 Å². The van der Waals surface area contributed by atoms with E-state index in [-0.39, 0.29) is 23.9 Å². The van der Waals surface area contributed by atoms with Crippen LogP contribution in [-0.2, 0) is 17.8 Å². The van der Waals surface area contributed by atoms with Gasteiger partial charge in [0.2, 0.25) is 0 Å². The smallest absolute Gasteiger partial charge is 0.260 e. The van der Waals surface area contributed by atoms with Gasteiger partial charge < -0.3 is 14.4 Å². The number of aromatic nitrogens is 4. The van der Waals surface area contributed by atoms with Gasteiger partial charge >= 0.3 is 0 Å². The largest absolute Gasteiger partial charge is 0.483 e. The van der Waals surface area contributed by atoms with Gasteiger partial charge in [0.05, 0.1) is 12.2 Å². The number of halogens is 1. The predicted octanol–water partition coefficient (Wildman–Crippen LogP) is 2.24. The number of nitrogens with zero attached hydrogens (tertiary/aromatic N) is 6. The average Bonchev–Trinajstić information content (AvgIpc) is 3.40. The molecule has 0 atom stereocenters. The Hall–Kier alpha value is -3.53. The minimum absolute atomic E-state index is 0.0297. The molecular weight excluding hydrogens is 439 g/mol. The van der Waals surface area contributed by atoms with Crippen molar-refractivity contribution in [1.29, 1.82) is 0 Å². The van der Waals surface area contributed by atoms with Crippen LogP contribution < -0.4 is 9.47 Å². The number of rotatable bonds is 6. The predicted molar refractivity (Wildman–Crippen MR) is 121 cm³/mol. The van der Waals surface area contributed by atoms with Crippen molar-refractivity contribution in [3.05, 3.63) is 59.7 Å². The first-order valence-corrected chi connectivity index (χ1v) is 11.3. The molecule has 0 unspecified atom stereocenters. The van der Waals surface area contributed by atoms with E-state index >= 15 is 0 Å². The molecule has 2 aliphatic rings. The molecule has 1 fully saturated rings. The number of carbonyl (C=O) groups is 1. The molecule has 9 nitrogen and oxygen atoms in total.